The first-order chi connectivity index (χ1) is 11.5. The summed E-state index contributed by atoms with van der Waals surface area (Å²) >= 11 is 8.20. The Kier molecular flexibility index (Phi) is 4.88. The molecule has 0 bridgehead atoms. The van der Waals surface area contributed by atoms with Gasteiger partial charge in [-0.2, -0.15) is 0 Å². The Hall–Kier alpha value is -1.90. The monoisotopic (exact) mass is 381 g/mol. The Bertz CT molecular complexity index is 887. The van der Waals surface area contributed by atoms with Crippen molar-refractivity contribution >= 4 is 40.7 Å². The Morgan fingerprint density at radius 1 is 1.25 bits per heavy atom. The summed E-state index contributed by atoms with van der Waals surface area (Å²) in [4.78, 5) is 15.9. The molecule has 0 saturated carbocycles. The lowest BCUT2D eigenvalue weighted by molar-refractivity contribution is 0.0606. The third kappa shape index (κ3) is 3.61. The van der Waals surface area contributed by atoms with E-state index in [0.29, 0.717) is 15.5 Å². The summed E-state index contributed by atoms with van der Waals surface area (Å²) in [5.41, 5.74) is 3.10. The molecule has 2 heterocycles. The summed E-state index contributed by atoms with van der Waals surface area (Å²) in [6, 6.07) is 6.02. The predicted molar refractivity (Wildman–Crippen MR) is 91.8 cm³/mol. The fourth-order valence-electron chi connectivity index (χ4n) is 2.09. The van der Waals surface area contributed by atoms with E-state index in [-0.39, 0.29) is 10.0 Å². The van der Waals surface area contributed by atoms with Crippen molar-refractivity contribution in [3.05, 3.63) is 39.4 Å². The van der Waals surface area contributed by atoms with Crippen LogP contribution in [0.2, 0.25) is 5.15 Å². The molecule has 0 fully saturated rings. The molecule has 0 amide bonds. The van der Waals surface area contributed by atoms with E-state index in [1.165, 1.54) is 7.11 Å². The number of aryl methyl sites for hydroxylation is 2. The number of rotatable bonds is 4. The molecule has 6 nitrogen and oxygen atoms in total. The van der Waals surface area contributed by atoms with Crippen LogP contribution in [0.1, 0.15) is 20.8 Å². The van der Waals surface area contributed by atoms with Gasteiger partial charge in [0.2, 0.25) is 5.89 Å². The Labute approximate surface area is 151 Å². The molecule has 0 aliphatic rings. The molecule has 24 heavy (non-hydrogen) atoms. The molecule has 0 N–H and O–H groups in total. The molecule has 0 aliphatic heterocycles. The lowest BCUT2D eigenvalue weighted by atomic mass is 10.1. The summed E-state index contributed by atoms with van der Waals surface area (Å²) in [6.45, 7) is 4.02. The zero-order valence-electron chi connectivity index (χ0n) is 13.0. The fraction of sp³-hybridized carbons (Fsp3) is 0.200. The van der Waals surface area contributed by atoms with Gasteiger partial charge in [-0.3, -0.25) is 0 Å². The molecular weight excluding hydrogens is 370 g/mol. The molecule has 0 aliphatic carbocycles. The normalized spacial score (nSPS) is 10.8. The molecular formula is C15H12ClN3O3S2. The minimum absolute atomic E-state index is 0.100. The minimum Gasteiger partial charge on any atom is -0.465 e. The number of carbonyl (C=O) groups is 1. The number of halogens is 1. The van der Waals surface area contributed by atoms with Crippen LogP contribution in [-0.2, 0) is 4.74 Å². The fourth-order valence-corrected chi connectivity index (χ4v) is 4.19. The number of thiazole rings is 1. The van der Waals surface area contributed by atoms with E-state index in [2.05, 4.69) is 26.0 Å². The SMILES string of the molecule is COC(=O)c1sc(Sc2nnc(-c3cc(C)cc(C)c3)o2)nc1Cl. The summed E-state index contributed by atoms with van der Waals surface area (Å²) in [5.74, 6) is -0.0917. The lowest BCUT2D eigenvalue weighted by Gasteiger charge is -1.99. The second-order valence-corrected chi connectivity index (χ2v) is 7.50. The van der Waals surface area contributed by atoms with Crippen LogP contribution in [0, 0.1) is 13.8 Å². The lowest BCUT2D eigenvalue weighted by Crippen LogP contribution is -1.98. The van der Waals surface area contributed by atoms with Gasteiger partial charge in [0.05, 0.1) is 7.11 Å². The maximum Gasteiger partial charge on any atom is 0.351 e. The van der Waals surface area contributed by atoms with Gasteiger partial charge in [0.15, 0.2) is 14.4 Å². The molecule has 0 atom stereocenters. The number of methoxy groups -OCH3 is 1. The molecule has 9 heteroatoms. The summed E-state index contributed by atoms with van der Waals surface area (Å²) in [5, 5.41) is 8.49. The number of ether oxygens (including phenoxy) is 1. The standard InChI is InChI=1S/C15H12ClN3O3S2/c1-7-4-8(2)6-9(5-7)12-18-19-14(22-12)24-15-17-11(16)10(23-15)13(20)21-3/h4-6H,1-3H3. The van der Waals surface area contributed by atoms with Crippen molar-refractivity contribution < 1.29 is 13.9 Å². The van der Waals surface area contributed by atoms with Crippen LogP contribution >= 0.6 is 34.7 Å². The van der Waals surface area contributed by atoms with E-state index in [4.69, 9.17) is 16.0 Å². The number of nitrogens with zero attached hydrogens (tertiary/aromatic N) is 3. The molecule has 0 unspecified atom stereocenters. The van der Waals surface area contributed by atoms with E-state index in [9.17, 15) is 4.79 Å². The van der Waals surface area contributed by atoms with Crippen LogP contribution in [0.25, 0.3) is 11.5 Å². The largest absolute Gasteiger partial charge is 0.465 e. The highest BCUT2D eigenvalue weighted by atomic mass is 35.5. The van der Waals surface area contributed by atoms with Crippen LogP contribution in [0.15, 0.2) is 32.2 Å². The second kappa shape index (κ2) is 6.92. The van der Waals surface area contributed by atoms with Gasteiger partial charge in [-0.15, -0.1) is 10.2 Å². The van der Waals surface area contributed by atoms with Crippen molar-refractivity contribution in [3.63, 3.8) is 0 Å². The van der Waals surface area contributed by atoms with E-state index >= 15 is 0 Å². The van der Waals surface area contributed by atoms with Crippen LogP contribution in [0.4, 0.5) is 0 Å². The average molecular weight is 382 g/mol. The Morgan fingerprint density at radius 2 is 1.96 bits per heavy atom. The van der Waals surface area contributed by atoms with Crippen LogP contribution in [-0.4, -0.2) is 28.3 Å². The number of hydrogen-bond donors (Lipinski definition) is 0. The summed E-state index contributed by atoms with van der Waals surface area (Å²) in [7, 11) is 1.29. The second-order valence-electron chi connectivity index (χ2n) is 4.94. The topological polar surface area (TPSA) is 78.1 Å². The smallest absolute Gasteiger partial charge is 0.351 e. The van der Waals surface area contributed by atoms with Gasteiger partial charge in [0, 0.05) is 17.3 Å². The highest BCUT2D eigenvalue weighted by Crippen LogP contribution is 2.35. The van der Waals surface area contributed by atoms with Gasteiger partial charge < -0.3 is 9.15 Å². The van der Waals surface area contributed by atoms with Crippen LogP contribution < -0.4 is 0 Å². The molecule has 3 aromatic rings. The zero-order valence-corrected chi connectivity index (χ0v) is 15.4. The number of aromatic nitrogens is 3. The number of carbonyl (C=O) groups excluding carboxylic acids is 1. The summed E-state index contributed by atoms with van der Waals surface area (Å²) < 4.78 is 10.8. The van der Waals surface area contributed by atoms with Gasteiger partial charge >= 0.3 is 5.97 Å². The first-order valence-corrected chi connectivity index (χ1v) is 8.82. The maximum atomic E-state index is 11.6. The van der Waals surface area contributed by atoms with Crippen molar-refractivity contribution in [1.29, 1.82) is 0 Å². The van der Waals surface area contributed by atoms with Crippen molar-refractivity contribution in [2.45, 2.75) is 23.4 Å². The third-order valence-corrected chi connectivity index (χ3v) is 5.31. The minimum atomic E-state index is -0.522. The number of benzene rings is 1. The molecule has 124 valence electrons. The van der Waals surface area contributed by atoms with Crippen molar-refractivity contribution in [2.24, 2.45) is 0 Å². The maximum absolute atomic E-state index is 11.6. The van der Waals surface area contributed by atoms with Gasteiger partial charge in [-0.25, -0.2) is 9.78 Å². The first kappa shape index (κ1) is 16.9. The van der Waals surface area contributed by atoms with Crippen molar-refractivity contribution in [2.75, 3.05) is 7.11 Å². The highest BCUT2D eigenvalue weighted by Gasteiger charge is 2.20. The van der Waals surface area contributed by atoms with E-state index in [0.717, 1.165) is 39.8 Å². The Morgan fingerprint density at radius 3 is 2.62 bits per heavy atom. The van der Waals surface area contributed by atoms with E-state index in [1.807, 2.05) is 26.0 Å². The van der Waals surface area contributed by atoms with Gasteiger partial charge in [0.25, 0.3) is 5.22 Å². The number of esters is 1. The van der Waals surface area contributed by atoms with Crippen molar-refractivity contribution in [3.8, 4) is 11.5 Å². The first-order valence-electron chi connectivity index (χ1n) is 6.81. The quantitative estimate of drug-likeness (QED) is 0.619. The van der Waals surface area contributed by atoms with Crippen LogP contribution in [0.5, 0.6) is 0 Å². The predicted octanol–water partition coefficient (Wildman–Crippen LogP) is 4.40. The van der Waals surface area contributed by atoms with Crippen molar-refractivity contribution in [1.82, 2.24) is 15.2 Å². The molecule has 1 aromatic carbocycles. The van der Waals surface area contributed by atoms with Crippen LogP contribution in [0.3, 0.4) is 0 Å². The van der Waals surface area contributed by atoms with Gasteiger partial charge in [-0.1, -0.05) is 40.1 Å². The average Bonchev–Trinajstić information content (AvgIpc) is 3.13. The zero-order chi connectivity index (χ0) is 17.3. The molecule has 3 rings (SSSR count). The van der Waals surface area contributed by atoms with E-state index < -0.39 is 5.97 Å². The molecule has 0 saturated heterocycles. The van der Waals surface area contributed by atoms with E-state index in [1.54, 1.807) is 0 Å². The summed E-state index contributed by atoms with van der Waals surface area (Å²) in [6.07, 6.45) is 0. The third-order valence-electron chi connectivity index (χ3n) is 2.99. The van der Waals surface area contributed by atoms with Gasteiger partial charge in [-0.05, 0) is 26.0 Å². The molecule has 0 radical (unpaired) electrons. The molecule has 2 aromatic heterocycles. The van der Waals surface area contributed by atoms with Gasteiger partial charge in [0.1, 0.15) is 0 Å². The number of hydrogen-bond acceptors (Lipinski definition) is 8. The molecule has 0 spiro atoms. The Balaban J connectivity index is 1.83. The highest BCUT2D eigenvalue weighted by molar-refractivity contribution is 8.00.